The molecule has 0 bridgehead atoms. The van der Waals surface area contributed by atoms with E-state index in [4.69, 9.17) is 0 Å². The number of rotatable bonds is 3. The van der Waals surface area contributed by atoms with Crippen molar-refractivity contribution in [1.29, 1.82) is 0 Å². The van der Waals surface area contributed by atoms with E-state index in [2.05, 4.69) is 9.99 Å². The van der Waals surface area contributed by atoms with Gasteiger partial charge in [0.15, 0.2) is 0 Å². The third-order valence-corrected chi connectivity index (χ3v) is 0.752. The molecular formula is C6H11NO2. The normalized spacial score (nSPS) is 11.2. The molecule has 0 N–H and O–H groups in total. The molecule has 0 radical (unpaired) electrons. The number of nitrogens with zero attached hydrogens (tertiary/aromatic N) is 1. The Morgan fingerprint density at radius 2 is 2.11 bits per heavy atom. The molecule has 9 heavy (non-hydrogen) atoms. The summed E-state index contributed by atoms with van der Waals surface area (Å²) >= 11 is 0. The summed E-state index contributed by atoms with van der Waals surface area (Å²) in [6.45, 7) is 3.28. The zero-order valence-corrected chi connectivity index (χ0v) is 5.97. The van der Waals surface area contributed by atoms with Gasteiger partial charge >= 0.3 is 0 Å². The van der Waals surface area contributed by atoms with Crippen LogP contribution in [0.4, 0.5) is 0 Å². The van der Waals surface area contributed by atoms with Gasteiger partial charge in [-0.2, -0.15) is 0 Å². The van der Waals surface area contributed by atoms with Gasteiger partial charge < -0.3 is 4.84 Å². The van der Waals surface area contributed by atoms with E-state index < -0.39 is 0 Å². The van der Waals surface area contributed by atoms with Crippen LogP contribution in [0.3, 0.4) is 0 Å². The Morgan fingerprint density at radius 1 is 1.56 bits per heavy atom. The van der Waals surface area contributed by atoms with E-state index in [0.717, 1.165) is 0 Å². The maximum absolute atomic E-state index is 10.4. The molecule has 0 aliphatic rings. The van der Waals surface area contributed by atoms with Crippen LogP contribution in [0.2, 0.25) is 0 Å². The summed E-state index contributed by atoms with van der Waals surface area (Å²) in [5, 5.41) is 3.56. The third kappa shape index (κ3) is 5.00. The molecule has 0 fully saturated rings. The van der Waals surface area contributed by atoms with Gasteiger partial charge in [-0.25, -0.2) is 0 Å². The molecule has 0 aromatic carbocycles. The van der Waals surface area contributed by atoms with Crippen LogP contribution in [0.5, 0.6) is 0 Å². The molecule has 0 saturated carbocycles. The second kappa shape index (κ2) is 4.06. The Labute approximate surface area is 54.7 Å². The molecule has 0 atom stereocenters. The van der Waals surface area contributed by atoms with Gasteiger partial charge in [0, 0.05) is 6.42 Å². The Morgan fingerprint density at radius 3 is 2.44 bits per heavy atom. The van der Waals surface area contributed by atoms with Gasteiger partial charge in [0.05, 0.1) is 5.71 Å². The summed E-state index contributed by atoms with van der Waals surface area (Å²) < 4.78 is 0. The van der Waals surface area contributed by atoms with E-state index in [1.54, 1.807) is 6.92 Å². The maximum atomic E-state index is 10.4. The lowest BCUT2D eigenvalue weighted by Crippen LogP contribution is -1.99. The fourth-order valence-corrected chi connectivity index (χ4v) is 0.548. The largest absolute Gasteiger partial charge is 0.399 e. The highest BCUT2D eigenvalue weighted by Gasteiger charge is 1.95. The first-order valence-electron chi connectivity index (χ1n) is 2.73. The van der Waals surface area contributed by atoms with E-state index in [1.807, 2.05) is 0 Å². The number of carbonyl (C=O) groups is 1. The average Bonchev–Trinajstić information content (AvgIpc) is 1.63. The molecule has 0 amide bonds. The molecule has 0 aromatic heterocycles. The van der Waals surface area contributed by atoms with Crippen molar-refractivity contribution in [2.75, 3.05) is 7.11 Å². The molecule has 0 heterocycles. The quantitative estimate of drug-likeness (QED) is 0.421. The van der Waals surface area contributed by atoms with E-state index in [0.29, 0.717) is 12.1 Å². The summed E-state index contributed by atoms with van der Waals surface area (Å²) in [7, 11) is 1.46. The molecule has 0 aliphatic heterocycles. The monoisotopic (exact) mass is 129 g/mol. The first kappa shape index (κ1) is 8.14. The highest BCUT2D eigenvalue weighted by molar-refractivity contribution is 5.99. The Balaban J connectivity index is 3.62. The minimum Gasteiger partial charge on any atom is -0.399 e. The van der Waals surface area contributed by atoms with E-state index in [1.165, 1.54) is 14.0 Å². The highest BCUT2D eigenvalue weighted by atomic mass is 16.6. The summed E-state index contributed by atoms with van der Waals surface area (Å²) in [6.07, 6.45) is 0.383. The Bertz CT molecular complexity index is 129. The predicted molar refractivity (Wildman–Crippen MR) is 35.4 cm³/mol. The van der Waals surface area contributed by atoms with Gasteiger partial charge in [0.25, 0.3) is 0 Å². The van der Waals surface area contributed by atoms with Gasteiger partial charge in [-0.3, -0.25) is 4.79 Å². The van der Waals surface area contributed by atoms with E-state index >= 15 is 0 Å². The van der Waals surface area contributed by atoms with Crippen LogP contribution in [0.25, 0.3) is 0 Å². The number of Topliss-reactive ketones (excluding diaryl/α,β-unsaturated/α-hetero) is 1. The second-order valence-electron chi connectivity index (χ2n) is 1.89. The molecule has 3 heteroatoms. The van der Waals surface area contributed by atoms with Gasteiger partial charge in [0.2, 0.25) is 0 Å². The lowest BCUT2D eigenvalue weighted by Gasteiger charge is -1.92. The van der Waals surface area contributed by atoms with E-state index in [-0.39, 0.29) is 5.78 Å². The first-order chi connectivity index (χ1) is 4.16. The number of oxime groups is 1. The van der Waals surface area contributed by atoms with Crippen molar-refractivity contribution in [3.05, 3.63) is 0 Å². The minimum atomic E-state index is 0.105. The molecule has 0 unspecified atom stereocenters. The SMILES string of the molecule is CO/N=C(\C)CC(C)=O. The summed E-state index contributed by atoms with van der Waals surface area (Å²) in [6, 6.07) is 0. The van der Waals surface area contributed by atoms with Crippen molar-refractivity contribution in [1.82, 2.24) is 0 Å². The number of hydrogen-bond donors (Lipinski definition) is 0. The van der Waals surface area contributed by atoms with Crippen LogP contribution in [0.15, 0.2) is 5.16 Å². The number of carbonyl (C=O) groups excluding carboxylic acids is 1. The van der Waals surface area contributed by atoms with Gasteiger partial charge in [-0.1, -0.05) is 5.16 Å². The fourth-order valence-electron chi connectivity index (χ4n) is 0.548. The number of hydrogen-bond acceptors (Lipinski definition) is 3. The third-order valence-electron chi connectivity index (χ3n) is 0.752. The molecule has 0 rings (SSSR count). The number of ketones is 1. The zero-order chi connectivity index (χ0) is 7.28. The van der Waals surface area contributed by atoms with Crippen molar-refractivity contribution >= 4 is 11.5 Å². The standard InChI is InChI=1S/C6H11NO2/c1-5(7-9-3)4-6(2)8/h4H2,1-3H3/b7-5+. The van der Waals surface area contributed by atoms with Crippen molar-refractivity contribution in [3.8, 4) is 0 Å². The topological polar surface area (TPSA) is 38.7 Å². The summed E-state index contributed by atoms with van der Waals surface area (Å²) in [5.41, 5.74) is 0.713. The molecule has 0 saturated heterocycles. The van der Waals surface area contributed by atoms with Crippen molar-refractivity contribution in [2.45, 2.75) is 20.3 Å². The summed E-state index contributed by atoms with van der Waals surface area (Å²) in [5.74, 6) is 0.105. The van der Waals surface area contributed by atoms with Crippen molar-refractivity contribution in [2.24, 2.45) is 5.16 Å². The van der Waals surface area contributed by atoms with Crippen LogP contribution in [0.1, 0.15) is 20.3 Å². The smallest absolute Gasteiger partial charge is 0.135 e. The molecular weight excluding hydrogens is 118 g/mol. The van der Waals surface area contributed by atoms with Crippen LogP contribution < -0.4 is 0 Å². The minimum absolute atomic E-state index is 0.105. The highest BCUT2D eigenvalue weighted by Crippen LogP contribution is 1.87. The van der Waals surface area contributed by atoms with Crippen LogP contribution in [0, 0.1) is 0 Å². The zero-order valence-electron chi connectivity index (χ0n) is 5.97. The van der Waals surface area contributed by atoms with Gasteiger partial charge in [-0.15, -0.1) is 0 Å². The molecule has 0 aromatic rings. The van der Waals surface area contributed by atoms with Crippen LogP contribution in [-0.2, 0) is 9.63 Å². The Kier molecular flexibility index (Phi) is 3.67. The lowest BCUT2D eigenvalue weighted by molar-refractivity contribution is -0.115. The van der Waals surface area contributed by atoms with E-state index in [9.17, 15) is 4.79 Å². The average molecular weight is 129 g/mol. The molecule has 0 spiro atoms. The van der Waals surface area contributed by atoms with Crippen LogP contribution >= 0.6 is 0 Å². The fraction of sp³-hybridized carbons (Fsp3) is 0.667. The Hall–Kier alpha value is -0.860. The molecule has 3 nitrogen and oxygen atoms in total. The predicted octanol–water partition coefficient (Wildman–Crippen LogP) is 0.988. The summed E-state index contributed by atoms with van der Waals surface area (Å²) in [4.78, 5) is 14.8. The molecule has 0 aliphatic carbocycles. The van der Waals surface area contributed by atoms with Crippen LogP contribution in [-0.4, -0.2) is 18.6 Å². The van der Waals surface area contributed by atoms with Crippen molar-refractivity contribution < 1.29 is 9.63 Å². The molecule has 52 valence electrons. The lowest BCUT2D eigenvalue weighted by atomic mass is 10.2. The second-order valence-corrected chi connectivity index (χ2v) is 1.89. The maximum Gasteiger partial charge on any atom is 0.135 e. The first-order valence-corrected chi connectivity index (χ1v) is 2.73. The van der Waals surface area contributed by atoms with Gasteiger partial charge in [0.1, 0.15) is 12.9 Å². The van der Waals surface area contributed by atoms with Gasteiger partial charge in [-0.05, 0) is 13.8 Å². The van der Waals surface area contributed by atoms with Crippen molar-refractivity contribution in [3.63, 3.8) is 0 Å².